The van der Waals surface area contributed by atoms with Gasteiger partial charge in [0.2, 0.25) is 0 Å². The first kappa shape index (κ1) is 13.5. The van der Waals surface area contributed by atoms with Gasteiger partial charge < -0.3 is 9.84 Å². The molecule has 3 atom stereocenters. The number of likely N-dealkylation sites (tertiary alicyclic amines) is 1. The molecule has 4 nitrogen and oxygen atoms in total. The molecule has 1 N–H and O–H groups in total. The van der Waals surface area contributed by atoms with Gasteiger partial charge in [-0.05, 0) is 39.2 Å². The molecule has 1 heterocycles. The Morgan fingerprint density at radius 2 is 2.25 bits per heavy atom. The molecular weight excluding hydrogens is 206 g/mol. The van der Waals surface area contributed by atoms with Crippen molar-refractivity contribution in [2.75, 3.05) is 20.2 Å². The maximum Gasteiger partial charge on any atom is 0.303 e. The lowest BCUT2D eigenvalue weighted by molar-refractivity contribution is -0.138. The van der Waals surface area contributed by atoms with Crippen molar-refractivity contribution in [3.05, 3.63) is 0 Å². The number of ether oxygens (including phenoxy) is 1. The number of hydrogen-bond donors (Lipinski definition) is 1. The molecule has 1 aliphatic heterocycles. The molecule has 4 heteroatoms. The minimum Gasteiger partial charge on any atom is -0.481 e. The summed E-state index contributed by atoms with van der Waals surface area (Å²) in [6.45, 7) is 6.16. The van der Waals surface area contributed by atoms with Gasteiger partial charge in [0.15, 0.2) is 0 Å². The first-order valence-corrected chi connectivity index (χ1v) is 6.03. The molecule has 0 amide bonds. The van der Waals surface area contributed by atoms with E-state index in [1.54, 1.807) is 7.11 Å². The smallest absolute Gasteiger partial charge is 0.303 e. The van der Waals surface area contributed by atoms with Gasteiger partial charge in [0, 0.05) is 26.1 Å². The van der Waals surface area contributed by atoms with Crippen LogP contribution in [0.2, 0.25) is 0 Å². The van der Waals surface area contributed by atoms with E-state index < -0.39 is 5.97 Å². The lowest BCUT2D eigenvalue weighted by Gasteiger charge is -2.38. The van der Waals surface area contributed by atoms with Crippen molar-refractivity contribution >= 4 is 5.97 Å². The van der Waals surface area contributed by atoms with Gasteiger partial charge in [-0.1, -0.05) is 0 Å². The molecule has 1 rings (SSSR count). The van der Waals surface area contributed by atoms with Crippen LogP contribution in [0.25, 0.3) is 0 Å². The zero-order chi connectivity index (χ0) is 12.1. The van der Waals surface area contributed by atoms with E-state index in [4.69, 9.17) is 9.84 Å². The predicted molar refractivity (Wildman–Crippen MR) is 62.5 cm³/mol. The average Bonchev–Trinajstić information content (AvgIpc) is 2.26. The van der Waals surface area contributed by atoms with E-state index in [2.05, 4.69) is 18.7 Å². The molecule has 0 aromatic heterocycles. The summed E-state index contributed by atoms with van der Waals surface area (Å²) in [6, 6.07) is 0.363. The van der Waals surface area contributed by atoms with Gasteiger partial charge in [-0.15, -0.1) is 0 Å². The standard InChI is InChI=1S/C12H23NO3/c1-9(10(2)16-3)13-6-4-5-11(8-13)7-12(14)15/h9-11H,4-8H2,1-3H3,(H,14,15). The topological polar surface area (TPSA) is 49.8 Å². The van der Waals surface area contributed by atoms with E-state index in [0.29, 0.717) is 18.4 Å². The number of nitrogens with zero attached hydrogens (tertiary/aromatic N) is 1. The Labute approximate surface area is 97.6 Å². The quantitative estimate of drug-likeness (QED) is 0.778. The molecule has 0 aliphatic carbocycles. The Morgan fingerprint density at radius 1 is 1.56 bits per heavy atom. The van der Waals surface area contributed by atoms with Crippen LogP contribution in [-0.4, -0.2) is 48.3 Å². The third-order valence-electron chi connectivity index (χ3n) is 3.64. The highest BCUT2D eigenvalue weighted by atomic mass is 16.5. The van der Waals surface area contributed by atoms with Crippen molar-refractivity contribution in [1.29, 1.82) is 0 Å². The van der Waals surface area contributed by atoms with Crippen molar-refractivity contribution in [2.45, 2.75) is 45.3 Å². The van der Waals surface area contributed by atoms with Gasteiger partial charge >= 0.3 is 5.97 Å². The Bertz CT molecular complexity index is 232. The lowest BCUT2D eigenvalue weighted by Crippen LogP contribution is -2.46. The molecule has 0 bridgehead atoms. The van der Waals surface area contributed by atoms with Crippen LogP contribution >= 0.6 is 0 Å². The van der Waals surface area contributed by atoms with Crippen molar-refractivity contribution in [3.8, 4) is 0 Å². The number of carbonyl (C=O) groups is 1. The van der Waals surface area contributed by atoms with E-state index in [-0.39, 0.29) is 6.10 Å². The fourth-order valence-corrected chi connectivity index (χ4v) is 2.37. The summed E-state index contributed by atoms with van der Waals surface area (Å²) in [6.07, 6.45) is 2.63. The summed E-state index contributed by atoms with van der Waals surface area (Å²) in [5.74, 6) is -0.378. The van der Waals surface area contributed by atoms with E-state index in [0.717, 1.165) is 25.9 Å². The van der Waals surface area contributed by atoms with Crippen LogP contribution in [0.5, 0.6) is 0 Å². The number of carboxylic acids is 1. The minimum atomic E-state index is -0.681. The Morgan fingerprint density at radius 3 is 2.81 bits per heavy atom. The largest absolute Gasteiger partial charge is 0.481 e. The fraction of sp³-hybridized carbons (Fsp3) is 0.917. The van der Waals surface area contributed by atoms with Gasteiger partial charge in [0.05, 0.1) is 6.10 Å². The van der Waals surface area contributed by atoms with Crippen LogP contribution in [-0.2, 0) is 9.53 Å². The summed E-state index contributed by atoms with van der Waals surface area (Å²) in [7, 11) is 1.72. The molecule has 0 saturated carbocycles. The molecule has 0 aromatic carbocycles. The summed E-state index contributed by atoms with van der Waals surface area (Å²) in [5.41, 5.74) is 0. The summed E-state index contributed by atoms with van der Waals surface area (Å²) in [5, 5.41) is 8.80. The van der Waals surface area contributed by atoms with Gasteiger partial charge in [-0.3, -0.25) is 9.69 Å². The molecule has 16 heavy (non-hydrogen) atoms. The van der Waals surface area contributed by atoms with Crippen LogP contribution in [0.15, 0.2) is 0 Å². The molecule has 0 radical (unpaired) electrons. The predicted octanol–water partition coefficient (Wildman–Crippen LogP) is 1.60. The number of rotatable bonds is 5. The number of aliphatic carboxylic acids is 1. The molecule has 3 unspecified atom stereocenters. The normalized spacial score (nSPS) is 26.3. The number of carboxylic acid groups (broad SMARTS) is 1. The Hall–Kier alpha value is -0.610. The Balaban J connectivity index is 2.46. The number of hydrogen-bond acceptors (Lipinski definition) is 3. The van der Waals surface area contributed by atoms with E-state index in [1.807, 2.05) is 0 Å². The number of piperidine rings is 1. The van der Waals surface area contributed by atoms with Crippen LogP contribution in [0.1, 0.15) is 33.1 Å². The first-order valence-electron chi connectivity index (χ1n) is 6.03. The average molecular weight is 229 g/mol. The molecule has 1 aliphatic rings. The van der Waals surface area contributed by atoms with Gasteiger partial charge in [-0.25, -0.2) is 0 Å². The monoisotopic (exact) mass is 229 g/mol. The summed E-state index contributed by atoms with van der Waals surface area (Å²) in [4.78, 5) is 13.0. The third kappa shape index (κ3) is 3.76. The van der Waals surface area contributed by atoms with Crippen LogP contribution < -0.4 is 0 Å². The summed E-state index contributed by atoms with van der Waals surface area (Å²) < 4.78 is 5.32. The molecule has 1 fully saturated rings. The van der Waals surface area contributed by atoms with Crippen LogP contribution in [0.4, 0.5) is 0 Å². The maximum atomic E-state index is 10.7. The van der Waals surface area contributed by atoms with Crippen molar-refractivity contribution < 1.29 is 14.6 Å². The van der Waals surface area contributed by atoms with E-state index >= 15 is 0 Å². The second-order valence-electron chi connectivity index (χ2n) is 4.78. The third-order valence-corrected chi connectivity index (χ3v) is 3.64. The second-order valence-corrected chi connectivity index (χ2v) is 4.78. The number of methoxy groups -OCH3 is 1. The highest BCUT2D eigenvalue weighted by molar-refractivity contribution is 5.67. The fourth-order valence-electron chi connectivity index (χ4n) is 2.37. The molecular formula is C12H23NO3. The zero-order valence-corrected chi connectivity index (χ0v) is 10.5. The maximum absolute atomic E-state index is 10.7. The van der Waals surface area contributed by atoms with Gasteiger partial charge in [-0.2, -0.15) is 0 Å². The lowest BCUT2D eigenvalue weighted by atomic mass is 9.93. The molecule has 0 aromatic rings. The molecule has 0 spiro atoms. The van der Waals surface area contributed by atoms with E-state index in [9.17, 15) is 4.79 Å². The highest BCUT2D eigenvalue weighted by Gasteiger charge is 2.27. The highest BCUT2D eigenvalue weighted by Crippen LogP contribution is 2.22. The summed E-state index contributed by atoms with van der Waals surface area (Å²) >= 11 is 0. The minimum absolute atomic E-state index is 0.198. The zero-order valence-electron chi connectivity index (χ0n) is 10.5. The van der Waals surface area contributed by atoms with Gasteiger partial charge in [0.1, 0.15) is 0 Å². The van der Waals surface area contributed by atoms with Crippen molar-refractivity contribution in [3.63, 3.8) is 0 Å². The van der Waals surface area contributed by atoms with Crippen LogP contribution in [0.3, 0.4) is 0 Å². The van der Waals surface area contributed by atoms with E-state index in [1.165, 1.54) is 0 Å². The second kappa shape index (κ2) is 6.21. The molecule has 1 saturated heterocycles. The van der Waals surface area contributed by atoms with Gasteiger partial charge in [0.25, 0.3) is 0 Å². The Kier molecular flexibility index (Phi) is 5.22. The van der Waals surface area contributed by atoms with Crippen molar-refractivity contribution in [1.82, 2.24) is 4.90 Å². The SMILES string of the molecule is COC(C)C(C)N1CCCC(CC(=O)O)C1. The van der Waals surface area contributed by atoms with Crippen molar-refractivity contribution in [2.24, 2.45) is 5.92 Å². The van der Waals surface area contributed by atoms with Crippen LogP contribution in [0, 0.1) is 5.92 Å². The first-order chi connectivity index (χ1) is 7.54. The molecule has 94 valence electrons.